The van der Waals surface area contributed by atoms with Crippen LogP contribution in [0.15, 0.2) is 35.1 Å². The quantitative estimate of drug-likeness (QED) is 0.573. The standard InChI is InChI=1S/C16H12Cl3N3O3/c1-7(25-14-6-10(18)9(17)5-11(14)19)15(23)20-8-2-3-12-13(4-8)22-16(24)21-12/h2-7H,1H3,(H,20,23)(H2,21,22,24). The Kier molecular flexibility index (Phi) is 4.94. The van der Waals surface area contributed by atoms with Crippen LogP contribution < -0.4 is 15.7 Å². The van der Waals surface area contributed by atoms with E-state index >= 15 is 0 Å². The number of aromatic amines is 2. The van der Waals surface area contributed by atoms with Crippen molar-refractivity contribution >= 4 is 57.4 Å². The number of hydrogen-bond acceptors (Lipinski definition) is 3. The molecule has 25 heavy (non-hydrogen) atoms. The van der Waals surface area contributed by atoms with Gasteiger partial charge in [-0.05, 0) is 31.2 Å². The molecule has 0 aliphatic rings. The molecule has 0 radical (unpaired) electrons. The third-order valence-corrected chi connectivity index (χ3v) is 4.45. The Labute approximate surface area is 157 Å². The third kappa shape index (κ3) is 3.92. The fraction of sp³-hybridized carbons (Fsp3) is 0.125. The maximum Gasteiger partial charge on any atom is 0.323 e. The van der Waals surface area contributed by atoms with E-state index in [1.165, 1.54) is 12.1 Å². The van der Waals surface area contributed by atoms with Crippen molar-refractivity contribution in [3.05, 3.63) is 55.9 Å². The first kappa shape index (κ1) is 17.7. The van der Waals surface area contributed by atoms with Crippen LogP contribution >= 0.6 is 34.8 Å². The number of halogens is 3. The molecule has 3 aromatic rings. The number of carbonyl (C=O) groups excluding carboxylic acids is 1. The number of aromatic nitrogens is 2. The SMILES string of the molecule is CC(Oc1cc(Cl)c(Cl)cc1Cl)C(=O)Nc1ccc2[nH]c(=O)[nH]c2c1. The van der Waals surface area contributed by atoms with Gasteiger partial charge in [0.2, 0.25) is 0 Å². The molecule has 130 valence electrons. The number of ether oxygens (including phenoxy) is 1. The predicted molar refractivity (Wildman–Crippen MR) is 99.1 cm³/mol. The number of anilines is 1. The summed E-state index contributed by atoms with van der Waals surface area (Å²) in [5, 5.41) is 3.53. The van der Waals surface area contributed by atoms with E-state index in [4.69, 9.17) is 39.5 Å². The molecule has 0 bridgehead atoms. The fourth-order valence-electron chi connectivity index (χ4n) is 2.19. The molecule has 0 spiro atoms. The van der Waals surface area contributed by atoms with Crippen LogP contribution in [0.1, 0.15) is 6.92 Å². The highest BCUT2D eigenvalue weighted by molar-refractivity contribution is 6.43. The van der Waals surface area contributed by atoms with Gasteiger partial charge >= 0.3 is 5.69 Å². The Morgan fingerprint density at radius 3 is 2.48 bits per heavy atom. The summed E-state index contributed by atoms with van der Waals surface area (Å²) in [6, 6.07) is 7.89. The highest BCUT2D eigenvalue weighted by Crippen LogP contribution is 2.34. The molecule has 0 aliphatic carbocycles. The summed E-state index contributed by atoms with van der Waals surface area (Å²) in [6.07, 6.45) is -0.837. The Bertz CT molecular complexity index is 1010. The first-order valence-electron chi connectivity index (χ1n) is 7.17. The van der Waals surface area contributed by atoms with Crippen molar-refractivity contribution in [3.8, 4) is 5.75 Å². The number of H-pyrrole nitrogens is 2. The van der Waals surface area contributed by atoms with Crippen LogP contribution in [0.3, 0.4) is 0 Å². The van der Waals surface area contributed by atoms with Crippen molar-refractivity contribution in [2.45, 2.75) is 13.0 Å². The summed E-state index contributed by atoms with van der Waals surface area (Å²) in [6.45, 7) is 1.57. The van der Waals surface area contributed by atoms with Gasteiger partial charge in [0.1, 0.15) is 5.75 Å². The molecule has 1 atom stereocenters. The van der Waals surface area contributed by atoms with Gasteiger partial charge in [0.15, 0.2) is 6.10 Å². The summed E-state index contributed by atoms with van der Waals surface area (Å²) >= 11 is 17.8. The van der Waals surface area contributed by atoms with E-state index in [9.17, 15) is 9.59 Å². The molecular formula is C16H12Cl3N3O3. The number of fused-ring (bicyclic) bond motifs is 1. The molecule has 6 nitrogen and oxygen atoms in total. The predicted octanol–water partition coefficient (Wildman–Crippen LogP) is 4.22. The van der Waals surface area contributed by atoms with Crippen LogP contribution in [0.2, 0.25) is 15.1 Å². The molecular weight excluding hydrogens is 389 g/mol. The third-order valence-electron chi connectivity index (χ3n) is 3.43. The molecule has 0 saturated heterocycles. The molecule has 1 unspecified atom stereocenters. The number of nitrogens with one attached hydrogen (secondary N) is 3. The van der Waals surface area contributed by atoms with E-state index in [0.717, 1.165) is 0 Å². The van der Waals surface area contributed by atoms with Crippen molar-refractivity contribution in [2.24, 2.45) is 0 Å². The van der Waals surface area contributed by atoms with Gasteiger partial charge in [0, 0.05) is 11.8 Å². The number of hydrogen-bond donors (Lipinski definition) is 3. The highest BCUT2D eigenvalue weighted by atomic mass is 35.5. The van der Waals surface area contributed by atoms with Crippen LogP contribution in [-0.4, -0.2) is 22.0 Å². The van der Waals surface area contributed by atoms with Gasteiger partial charge in [-0.15, -0.1) is 0 Å². The lowest BCUT2D eigenvalue weighted by atomic mass is 10.2. The lowest BCUT2D eigenvalue weighted by Gasteiger charge is -2.16. The normalized spacial score (nSPS) is 12.2. The van der Waals surface area contributed by atoms with Gasteiger partial charge in [-0.25, -0.2) is 4.79 Å². The molecule has 1 amide bonds. The largest absolute Gasteiger partial charge is 0.479 e. The van der Waals surface area contributed by atoms with Crippen LogP contribution in [0.5, 0.6) is 5.75 Å². The second kappa shape index (κ2) is 7.00. The van der Waals surface area contributed by atoms with Crippen LogP contribution in [-0.2, 0) is 4.79 Å². The zero-order chi connectivity index (χ0) is 18.1. The zero-order valence-electron chi connectivity index (χ0n) is 12.8. The second-order valence-corrected chi connectivity index (χ2v) is 6.51. The van der Waals surface area contributed by atoms with Crippen molar-refractivity contribution in [3.63, 3.8) is 0 Å². The molecule has 1 heterocycles. The van der Waals surface area contributed by atoms with E-state index in [2.05, 4.69) is 15.3 Å². The summed E-state index contributed by atoms with van der Waals surface area (Å²) < 4.78 is 5.56. The summed E-state index contributed by atoms with van der Waals surface area (Å²) in [5.74, 6) is -0.136. The average Bonchev–Trinajstić information content (AvgIpc) is 2.91. The molecule has 0 saturated carbocycles. The number of rotatable bonds is 4. The molecule has 2 aromatic carbocycles. The van der Waals surface area contributed by atoms with E-state index in [1.54, 1.807) is 25.1 Å². The number of imidazole rings is 1. The fourth-order valence-corrected chi connectivity index (χ4v) is 2.77. The Morgan fingerprint density at radius 2 is 1.72 bits per heavy atom. The minimum atomic E-state index is -0.837. The molecule has 0 aliphatic heterocycles. The topological polar surface area (TPSA) is 87.0 Å². The van der Waals surface area contributed by atoms with Gasteiger partial charge in [-0.2, -0.15) is 0 Å². The Hall–Kier alpha value is -2.15. The molecule has 1 aromatic heterocycles. The van der Waals surface area contributed by atoms with Crippen molar-refractivity contribution in [2.75, 3.05) is 5.32 Å². The first-order valence-corrected chi connectivity index (χ1v) is 8.31. The van der Waals surface area contributed by atoms with E-state index in [1.807, 2.05) is 0 Å². The summed E-state index contributed by atoms with van der Waals surface area (Å²) in [5.41, 5.74) is 1.44. The lowest BCUT2D eigenvalue weighted by molar-refractivity contribution is -0.122. The average molecular weight is 401 g/mol. The number of carbonyl (C=O) groups is 1. The smallest absolute Gasteiger partial charge is 0.323 e. The summed E-state index contributed by atoms with van der Waals surface area (Å²) in [4.78, 5) is 28.8. The van der Waals surface area contributed by atoms with E-state index in [0.29, 0.717) is 21.7 Å². The van der Waals surface area contributed by atoms with Crippen LogP contribution in [0, 0.1) is 0 Å². The monoisotopic (exact) mass is 399 g/mol. The van der Waals surface area contributed by atoms with E-state index in [-0.39, 0.29) is 27.4 Å². The Balaban J connectivity index is 1.73. The van der Waals surface area contributed by atoms with Gasteiger partial charge < -0.3 is 20.0 Å². The maximum absolute atomic E-state index is 12.3. The molecule has 3 rings (SSSR count). The summed E-state index contributed by atoms with van der Waals surface area (Å²) in [7, 11) is 0. The van der Waals surface area contributed by atoms with Crippen molar-refractivity contribution in [1.29, 1.82) is 0 Å². The maximum atomic E-state index is 12.3. The minimum Gasteiger partial charge on any atom is -0.479 e. The van der Waals surface area contributed by atoms with Gasteiger partial charge in [-0.1, -0.05) is 34.8 Å². The zero-order valence-corrected chi connectivity index (χ0v) is 15.1. The molecule has 9 heteroatoms. The van der Waals surface area contributed by atoms with Crippen LogP contribution in [0.25, 0.3) is 11.0 Å². The Morgan fingerprint density at radius 1 is 1.04 bits per heavy atom. The van der Waals surface area contributed by atoms with Crippen molar-refractivity contribution < 1.29 is 9.53 Å². The van der Waals surface area contributed by atoms with Gasteiger partial charge in [0.25, 0.3) is 5.91 Å². The second-order valence-electron chi connectivity index (χ2n) is 5.29. The van der Waals surface area contributed by atoms with Crippen molar-refractivity contribution in [1.82, 2.24) is 9.97 Å². The number of benzene rings is 2. The van der Waals surface area contributed by atoms with E-state index < -0.39 is 6.10 Å². The lowest BCUT2D eigenvalue weighted by Crippen LogP contribution is -2.30. The molecule has 3 N–H and O–H groups in total. The molecule has 0 fully saturated rings. The first-order chi connectivity index (χ1) is 11.8. The highest BCUT2D eigenvalue weighted by Gasteiger charge is 2.18. The van der Waals surface area contributed by atoms with Crippen LogP contribution in [0.4, 0.5) is 5.69 Å². The minimum absolute atomic E-state index is 0.250. The number of amides is 1. The van der Waals surface area contributed by atoms with Gasteiger partial charge in [-0.3, -0.25) is 4.79 Å². The van der Waals surface area contributed by atoms with Gasteiger partial charge in [0.05, 0.1) is 26.1 Å².